The van der Waals surface area contributed by atoms with E-state index in [1.807, 2.05) is 6.07 Å². The molecule has 0 radical (unpaired) electrons. The van der Waals surface area contributed by atoms with Crippen LogP contribution in [0.1, 0.15) is 48.5 Å². The predicted octanol–water partition coefficient (Wildman–Crippen LogP) is 3.66. The number of aromatic amines is 1. The second kappa shape index (κ2) is 11.3. The fourth-order valence-electron chi connectivity index (χ4n) is 4.70. The third-order valence-electron chi connectivity index (χ3n) is 6.65. The molecule has 3 aromatic rings. The predicted molar refractivity (Wildman–Crippen MR) is 143 cm³/mol. The average molecular weight is 511 g/mol. The van der Waals surface area contributed by atoms with Gasteiger partial charge in [-0.05, 0) is 69.0 Å². The van der Waals surface area contributed by atoms with Gasteiger partial charge in [-0.15, -0.1) is 0 Å². The molecule has 2 N–H and O–H groups in total. The van der Waals surface area contributed by atoms with Gasteiger partial charge in [-0.2, -0.15) is 4.31 Å². The first kappa shape index (κ1) is 25.9. The van der Waals surface area contributed by atoms with Crippen LogP contribution in [0.4, 0.5) is 5.69 Å². The highest BCUT2D eigenvalue weighted by Crippen LogP contribution is 2.25. The smallest absolute Gasteiger partial charge is 0.252 e. The van der Waals surface area contributed by atoms with Crippen LogP contribution in [0.25, 0.3) is 10.9 Å². The Labute approximate surface area is 212 Å². The van der Waals surface area contributed by atoms with Gasteiger partial charge in [0.25, 0.3) is 5.91 Å². The van der Waals surface area contributed by atoms with Crippen molar-refractivity contribution in [1.29, 1.82) is 0 Å². The highest BCUT2D eigenvalue weighted by atomic mass is 32.2. The summed E-state index contributed by atoms with van der Waals surface area (Å²) in [4.78, 5) is 30.4. The van der Waals surface area contributed by atoms with E-state index in [0.717, 1.165) is 44.5 Å². The second-order valence-electron chi connectivity index (χ2n) is 9.25. The number of fused-ring (bicyclic) bond motifs is 1. The minimum Gasteiger partial charge on any atom is -0.372 e. The van der Waals surface area contributed by atoms with Crippen molar-refractivity contribution in [1.82, 2.24) is 14.6 Å². The molecule has 1 aliphatic rings. The Morgan fingerprint density at radius 2 is 1.86 bits per heavy atom. The van der Waals surface area contributed by atoms with Crippen LogP contribution in [-0.2, 0) is 10.0 Å². The Morgan fingerprint density at radius 3 is 2.58 bits per heavy atom. The molecule has 1 aromatic heterocycles. The van der Waals surface area contributed by atoms with Crippen molar-refractivity contribution >= 4 is 32.5 Å². The number of aryl methyl sites for hydroxylation is 1. The molecule has 4 rings (SSSR count). The Bertz CT molecular complexity index is 1390. The van der Waals surface area contributed by atoms with E-state index in [0.29, 0.717) is 30.5 Å². The maximum absolute atomic E-state index is 13.2. The molecule has 0 atom stereocenters. The quantitative estimate of drug-likeness (QED) is 0.428. The summed E-state index contributed by atoms with van der Waals surface area (Å²) < 4.78 is 27.8. The van der Waals surface area contributed by atoms with Crippen LogP contribution in [0.15, 0.2) is 58.2 Å². The lowest BCUT2D eigenvalue weighted by Crippen LogP contribution is -2.35. The van der Waals surface area contributed by atoms with Gasteiger partial charge in [-0.1, -0.05) is 18.6 Å². The molecule has 1 aliphatic heterocycles. The van der Waals surface area contributed by atoms with Gasteiger partial charge >= 0.3 is 0 Å². The Hall–Kier alpha value is -3.17. The number of hydrogen-bond acceptors (Lipinski definition) is 5. The number of sulfonamides is 1. The third-order valence-corrected chi connectivity index (χ3v) is 8.55. The van der Waals surface area contributed by atoms with E-state index < -0.39 is 21.5 Å². The summed E-state index contributed by atoms with van der Waals surface area (Å²) in [5, 5.41) is 3.32. The standard InChI is InChI=1S/C27H34N4O4S/c1-3-30(21-10-7-9-20(2)17-21)14-8-13-28-27(33)24-19-26(32)29-25-12-11-22(18-23(24)25)36(34,35)31-15-5-4-6-16-31/h7,9-12,17-19H,3-6,8,13-16H2,1-2H3,(H,28,33)(H,29,32). The minimum absolute atomic E-state index is 0.134. The number of pyridine rings is 1. The topological polar surface area (TPSA) is 103 Å². The Kier molecular flexibility index (Phi) is 8.11. The van der Waals surface area contributed by atoms with Crippen LogP contribution in [0.5, 0.6) is 0 Å². The molecule has 36 heavy (non-hydrogen) atoms. The lowest BCUT2D eigenvalue weighted by Gasteiger charge is -2.26. The van der Waals surface area contributed by atoms with Gasteiger partial charge in [-0.3, -0.25) is 9.59 Å². The van der Waals surface area contributed by atoms with Crippen molar-refractivity contribution in [2.45, 2.75) is 44.4 Å². The van der Waals surface area contributed by atoms with E-state index >= 15 is 0 Å². The van der Waals surface area contributed by atoms with E-state index in [9.17, 15) is 18.0 Å². The zero-order chi connectivity index (χ0) is 25.7. The molecule has 1 saturated heterocycles. The molecular weight excluding hydrogens is 476 g/mol. The monoisotopic (exact) mass is 510 g/mol. The van der Waals surface area contributed by atoms with Gasteiger partial charge in [0.05, 0.1) is 10.5 Å². The third kappa shape index (κ3) is 5.79. The molecule has 0 bridgehead atoms. The van der Waals surface area contributed by atoms with E-state index in [4.69, 9.17) is 0 Å². The number of carbonyl (C=O) groups is 1. The molecule has 1 amide bonds. The van der Waals surface area contributed by atoms with Crippen molar-refractivity contribution in [2.24, 2.45) is 0 Å². The highest BCUT2D eigenvalue weighted by Gasteiger charge is 2.26. The summed E-state index contributed by atoms with van der Waals surface area (Å²) in [6.45, 7) is 7.21. The maximum Gasteiger partial charge on any atom is 0.252 e. The van der Waals surface area contributed by atoms with Gasteiger partial charge in [0, 0.05) is 55.4 Å². The first-order valence-corrected chi connectivity index (χ1v) is 14.0. The summed E-state index contributed by atoms with van der Waals surface area (Å²) in [7, 11) is -3.66. The number of H-pyrrole nitrogens is 1. The van der Waals surface area contributed by atoms with Crippen LogP contribution < -0.4 is 15.8 Å². The molecular formula is C27H34N4O4S. The number of amides is 1. The second-order valence-corrected chi connectivity index (χ2v) is 11.2. The molecule has 2 aromatic carbocycles. The van der Waals surface area contributed by atoms with Crippen LogP contribution in [0.3, 0.4) is 0 Å². The number of aromatic nitrogens is 1. The molecule has 8 nitrogen and oxygen atoms in total. The summed E-state index contributed by atoms with van der Waals surface area (Å²) in [6.07, 6.45) is 3.43. The van der Waals surface area contributed by atoms with E-state index in [1.54, 1.807) is 6.07 Å². The Balaban J connectivity index is 1.49. The van der Waals surface area contributed by atoms with Gasteiger partial charge in [0.1, 0.15) is 0 Å². The van der Waals surface area contributed by atoms with E-state index in [-0.39, 0.29) is 10.5 Å². The number of carbonyl (C=O) groups excluding carboxylic acids is 1. The Morgan fingerprint density at radius 1 is 1.08 bits per heavy atom. The first-order chi connectivity index (χ1) is 17.3. The number of anilines is 1. The number of nitrogens with zero attached hydrogens (tertiary/aromatic N) is 2. The lowest BCUT2D eigenvalue weighted by molar-refractivity contribution is 0.0955. The molecule has 2 heterocycles. The number of hydrogen-bond donors (Lipinski definition) is 2. The normalized spacial score (nSPS) is 14.6. The molecule has 9 heteroatoms. The molecule has 0 aliphatic carbocycles. The summed E-state index contributed by atoms with van der Waals surface area (Å²) in [5.41, 5.74) is 2.54. The van der Waals surface area contributed by atoms with E-state index in [1.165, 1.54) is 28.1 Å². The van der Waals surface area contributed by atoms with Crippen molar-refractivity contribution in [2.75, 3.05) is 37.6 Å². The number of benzene rings is 2. The summed E-state index contributed by atoms with van der Waals surface area (Å²) >= 11 is 0. The van der Waals surface area contributed by atoms with Crippen molar-refractivity contribution in [3.63, 3.8) is 0 Å². The first-order valence-electron chi connectivity index (χ1n) is 12.6. The fourth-order valence-corrected chi connectivity index (χ4v) is 6.24. The average Bonchev–Trinajstić information content (AvgIpc) is 2.88. The van der Waals surface area contributed by atoms with Crippen molar-refractivity contribution in [3.05, 3.63) is 70.0 Å². The van der Waals surface area contributed by atoms with Gasteiger partial charge in [0.2, 0.25) is 15.6 Å². The largest absolute Gasteiger partial charge is 0.372 e. The zero-order valence-corrected chi connectivity index (χ0v) is 21.7. The minimum atomic E-state index is -3.66. The van der Waals surface area contributed by atoms with E-state index in [2.05, 4.69) is 47.2 Å². The molecule has 1 fully saturated rings. The van der Waals surface area contributed by atoms with Crippen molar-refractivity contribution in [3.8, 4) is 0 Å². The zero-order valence-electron chi connectivity index (χ0n) is 20.9. The lowest BCUT2D eigenvalue weighted by atomic mass is 10.1. The molecule has 0 unspecified atom stereocenters. The van der Waals surface area contributed by atoms with Gasteiger partial charge in [0.15, 0.2) is 0 Å². The molecule has 192 valence electrons. The van der Waals surface area contributed by atoms with Gasteiger partial charge in [-0.25, -0.2) is 8.42 Å². The van der Waals surface area contributed by atoms with Crippen LogP contribution in [0, 0.1) is 6.92 Å². The van der Waals surface area contributed by atoms with Crippen LogP contribution >= 0.6 is 0 Å². The van der Waals surface area contributed by atoms with Gasteiger partial charge < -0.3 is 15.2 Å². The molecule has 0 spiro atoms. The SMILES string of the molecule is CCN(CCCNC(=O)c1cc(=O)[nH]c2ccc(S(=O)(=O)N3CCCCC3)cc12)c1cccc(C)c1. The summed E-state index contributed by atoms with van der Waals surface area (Å²) in [5.74, 6) is -0.391. The fraction of sp³-hybridized carbons (Fsp3) is 0.407. The van der Waals surface area contributed by atoms with Crippen LogP contribution in [-0.4, -0.2) is 56.3 Å². The highest BCUT2D eigenvalue weighted by molar-refractivity contribution is 7.89. The molecule has 0 saturated carbocycles. The number of nitrogens with one attached hydrogen (secondary N) is 2. The number of piperidine rings is 1. The van der Waals surface area contributed by atoms with Crippen LogP contribution in [0.2, 0.25) is 0 Å². The number of rotatable bonds is 9. The summed E-state index contributed by atoms with van der Waals surface area (Å²) in [6, 6.07) is 14.1. The van der Waals surface area contributed by atoms with Crippen molar-refractivity contribution < 1.29 is 13.2 Å². The maximum atomic E-state index is 13.2.